The Hall–Kier alpha value is -0.740. The third-order valence-electron chi connectivity index (χ3n) is 3.77. The Labute approximate surface area is 114 Å². The molecule has 0 saturated carbocycles. The van der Waals surface area contributed by atoms with Crippen molar-refractivity contribution in [2.45, 2.75) is 45.6 Å². The van der Waals surface area contributed by atoms with Crippen molar-refractivity contribution >= 4 is 17.6 Å². The molecule has 1 saturated heterocycles. The Balaban J connectivity index is 2.43. The highest BCUT2D eigenvalue weighted by atomic mass is 32.2. The molecule has 1 fully saturated rings. The molecule has 3 nitrogen and oxygen atoms in total. The van der Waals surface area contributed by atoms with E-state index in [-0.39, 0.29) is 6.61 Å². The summed E-state index contributed by atoms with van der Waals surface area (Å²) in [6.07, 6.45) is 0. The molecule has 1 aliphatic rings. The number of hydrogen-bond acceptors (Lipinski definition) is 4. The molecule has 1 aromatic rings. The Morgan fingerprint density at radius 2 is 2.17 bits per heavy atom. The maximum Gasteiger partial charge on any atom is 0.134 e. The van der Waals surface area contributed by atoms with Crippen LogP contribution in [0.3, 0.4) is 0 Å². The van der Waals surface area contributed by atoms with Crippen LogP contribution >= 0.6 is 11.8 Å². The summed E-state index contributed by atoms with van der Waals surface area (Å²) in [5.74, 6) is 2.11. The molecule has 100 valence electrons. The smallest absolute Gasteiger partial charge is 0.134 e. The van der Waals surface area contributed by atoms with E-state index in [1.165, 1.54) is 0 Å². The van der Waals surface area contributed by atoms with E-state index < -0.39 is 0 Å². The van der Waals surface area contributed by atoms with Gasteiger partial charge in [-0.05, 0) is 32.4 Å². The Morgan fingerprint density at radius 1 is 1.44 bits per heavy atom. The minimum Gasteiger partial charge on any atom is -0.392 e. The van der Waals surface area contributed by atoms with E-state index in [1.807, 2.05) is 24.8 Å². The quantitative estimate of drug-likeness (QED) is 0.892. The molecule has 1 aromatic heterocycles. The molecule has 0 spiro atoms. The second kappa shape index (κ2) is 5.49. The highest BCUT2D eigenvalue weighted by Gasteiger charge is 2.28. The van der Waals surface area contributed by atoms with Crippen LogP contribution < -0.4 is 4.90 Å². The summed E-state index contributed by atoms with van der Waals surface area (Å²) >= 11 is 2.01. The summed E-state index contributed by atoms with van der Waals surface area (Å²) in [5, 5.41) is 10.2. The molecule has 0 radical (unpaired) electrons. The fraction of sp³-hybridized carbons (Fsp3) is 0.643. The van der Waals surface area contributed by atoms with Crippen LogP contribution in [0.5, 0.6) is 0 Å². The van der Waals surface area contributed by atoms with Gasteiger partial charge in [0.25, 0.3) is 0 Å². The second-order valence-corrected chi connectivity index (χ2v) is 6.54. The fourth-order valence-electron chi connectivity index (χ4n) is 2.51. The standard InChI is InChI=1S/C14H22N2OS/c1-9-7-10(2)15-14(13(9)8-17)16-5-6-18-12(4)11(16)3/h7,11-12,17H,5-6,8H2,1-4H3. The van der Waals surface area contributed by atoms with Crippen LogP contribution in [0.4, 0.5) is 5.82 Å². The number of aryl methyl sites for hydroxylation is 2. The summed E-state index contributed by atoms with van der Waals surface area (Å²) in [6, 6.07) is 2.50. The van der Waals surface area contributed by atoms with Crippen LogP contribution in [0.2, 0.25) is 0 Å². The molecule has 0 amide bonds. The zero-order valence-corrected chi connectivity index (χ0v) is 12.4. The van der Waals surface area contributed by atoms with E-state index in [0.29, 0.717) is 11.3 Å². The predicted octanol–water partition coefficient (Wildman–Crippen LogP) is 2.52. The number of rotatable bonds is 2. The topological polar surface area (TPSA) is 36.4 Å². The predicted molar refractivity (Wildman–Crippen MR) is 78.4 cm³/mol. The monoisotopic (exact) mass is 266 g/mol. The van der Waals surface area contributed by atoms with Crippen LogP contribution in [-0.4, -0.2) is 33.7 Å². The van der Waals surface area contributed by atoms with Gasteiger partial charge in [0.1, 0.15) is 5.82 Å². The average Bonchev–Trinajstić information content (AvgIpc) is 2.32. The lowest BCUT2D eigenvalue weighted by atomic mass is 10.1. The van der Waals surface area contributed by atoms with Crippen molar-refractivity contribution in [2.75, 3.05) is 17.2 Å². The number of pyridine rings is 1. The van der Waals surface area contributed by atoms with Crippen molar-refractivity contribution in [3.8, 4) is 0 Å². The van der Waals surface area contributed by atoms with E-state index in [9.17, 15) is 5.11 Å². The number of aliphatic hydroxyl groups excluding tert-OH is 1. The van der Waals surface area contributed by atoms with E-state index in [1.54, 1.807) is 0 Å². The van der Waals surface area contributed by atoms with Crippen molar-refractivity contribution < 1.29 is 5.11 Å². The lowest BCUT2D eigenvalue weighted by Crippen LogP contribution is -2.45. The molecular weight excluding hydrogens is 244 g/mol. The van der Waals surface area contributed by atoms with Gasteiger partial charge in [0, 0.05) is 34.8 Å². The van der Waals surface area contributed by atoms with Gasteiger partial charge in [0.15, 0.2) is 0 Å². The molecule has 2 heterocycles. The molecule has 2 rings (SSSR count). The van der Waals surface area contributed by atoms with E-state index in [0.717, 1.165) is 34.9 Å². The van der Waals surface area contributed by atoms with Gasteiger partial charge in [-0.25, -0.2) is 4.98 Å². The highest BCUT2D eigenvalue weighted by Crippen LogP contribution is 2.31. The first-order valence-corrected chi connectivity index (χ1v) is 7.55. The summed E-state index contributed by atoms with van der Waals surface area (Å²) in [6.45, 7) is 9.67. The third-order valence-corrected chi connectivity index (χ3v) is 5.11. The number of aliphatic hydroxyl groups is 1. The lowest BCUT2D eigenvalue weighted by molar-refractivity contribution is 0.280. The summed E-state index contributed by atoms with van der Waals surface area (Å²) < 4.78 is 0. The lowest BCUT2D eigenvalue weighted by Gasteiger charge is -2.39. The molecular formula is C14H22N2OS. The highest BCUT2D eigenvalue weighted by molar-refractivity contribution is 8.00. The van der Waals surface area contributed by atoms with Crippen LogP contribution in [-0.2, 0) is 6.61 Å². The first-order chi connectivity index (χ1) is 8.54. The Kier molecular flexibility index (Phi) is 4.17. The first kappa shape index (κ1) is 13.7. The molecule has 0 aromatic carbocycles. The van der Waals surface area contributed by atoms with Gasteiger partial charge < -0.3 is 10.0 Å². The van der Waals surface area contributed by atoms with Gasteiger partial charge in [0.05, 0.1) is 6.61 Å². The van der Waals surface area contributed by atoms with Gasteiger partial charge in [-0.3, -0.25) is 0 Å². The van der Waals surface area contributed by atoms with Gasteiger partial charge in [-0.1, -0.05) is 6.92 Å². The largest absolute Gasteiger partial charge is 0.392 e. The number of nitrogens with zero attached hydrogens (tertiary/aromatic N) is 2. The molecule has 0 bridgehead atoms. The van der Waals surface area contributed by atoms with Crippen LogP contribution in [0, 0.1) is 13.8 Å². The number of thioether (sulfide) groups is 1. The molecule has 0 aliphatic carbocycles. The van der Waals surface area contributed by atoms with Gasteiger partial charge >= 0.3 is 0 Å². The van der Waals surface area contributed by atoms with Crippen molar-refractivity contribution in [1.82, 2.24) is 4.98 Å². The maximum atomic E-state index is 9.60. The van der Waals surface area contributed by atoms with E-state index in [2.05, 4.69) is 30.7 Å². The SMILES string of the molecule is Cc1cc(C)c(CO)c(N2CCSC(C)C2C)n1. The van der Waals surface area contributed by atoms with Crippen molar-refractivity contribution in [3.63, 3.8) is 0 Å². The average molecular weight is 266 g/mol. The fourth-order valence-corrected chi connectivity index (χ4v) is 3.61. The van der Waals surface area contributed by atoms with Crippen molar-refractivity contribution in [2.24, 2.45) is 0 Å². The minimum absolute atomic E-state index is 0.0686. The molecule has 18 heavy (non-hydrogen) atoms. The van der Waals surface area contributed by atoms with Crippen molar-refractivity contribution in [3.05, 3.63) is 22.9 Å². The molecule has 2 atom stereocenters. The molecule has 2 unspecified atom stereocenters. The van der Waals surface area contributed by atoms with Gasteiger partial charge in [-0.2, -0.15) is 11.8 Å². The zero-order chi connectivity index (χ0) is 13.3. The van der Waals surface area contributed by atoms with Crippen LogP contribution in [0.15, 0.2) is 6.07 Å². The number of anilines is 1. The maximum absolute atomic E-state index is 9.60. The van der Waals surface area contributed by atoms with Gasteiger partial charge in [0.2, 0.25) is 0 Å². The Morgan fingerprint density at radius 3 is 2.83 bits per heavy atom. The minimum atomic E-state index is 0.0686. The molecule has 4 heteroatoms. The van der Waals surface area contributed by atoms with Crippen LogP contribution in [0.1, 0.15) is 30.7 Å². The summed E-state index contributed by atoms with van der Waals surface area (Å²) in [4.78, 5) is 7.02. The van der Waals surface area contributed by atoms with E-state index >= 15 is 0 Å². The number of hydrogen-bond donors (Lipinski definition) is 1. The normalized spacial score (nSPS) is 24.4. The van der Waals surface area contributed by atoms with Crippen molar-refractivity contribution in [1.29, 1.82) is 0 Å². The Bertz CT molecular complexity index is 436. The molecule has 1 N–H and O–H groups in total. The van der Waals surface area contributed by atoms with Crippen LogP contribution in [0.25, 0.3) is 0 Å². The molecule has 1 aliphatic heterocycles. The van der Waals surface area contributed by atoms with Gasteiger partial charge in [-0.15, -0.1) is 0 Å². The van der Waals surface area contributed by atoms with E-state index in [4.69, 9.17) is 0 Å². The third kappa shape index (κ3) is 2.50. The number of aromatic nitrogens is 1. The summed E-state index contributed by atoms with van der Waals surface area (Å²) in [7, 11) is 0. The first-order valence-electron chi connectivity index (χ1n) is 6.50. The summed E-state index contributed by atoms with van der Waals surface area (Å²) in [5.41, 5.74) is 3.14. The zero-order valence-electron chi connectivity index (χ0n) is 11.6. The second-order valence-electron chi connectivity index (χ2n) is 5.05.